The zero-order chi connectivity index (χ0) is 14.6. The molecule has 0 fully saturated rings. The van der Waals surface area contributed by atoms with Crippen LogP contribution in [0.15, 0.2) is 22.7 Å². The Morgan fingerprint density at radius 2 is 2.00 bits per heavy atom. The number of rotatable bonds is 6. The van der Waals surface area contributed by atoms with Crippen molar-refractivity contribution in [3.63, 3.8) is 0 Å². The largest absolute Gasteiger partial charge is 0.493 e. The van der Waals surface area contributed by atoms with Crippen molar-refractivity contribution in [2.75, 3.05) is 12.4 Å². The molecule has 0 spiro atoms. The van der Waals surface area contributed by atoms with E-state index in [2.05, 4.69) is 15.9 Å². The van der Waals surface area contributed by atoms with Crippen LogP contribution in [-0.4, -0.2) is 20.8 Å². The van der Waals surface area contributed by atoms with Crippen LogP contribution in [-0.2, 0) is 9.05 Å². The van der Waals surface area contributed by atoms with Crippen molar-refractivity contribution in [3.05, 3.63) is 28.2 Å². The molecule has 0 heterocycles. The molecular weight excluding hydrogens is 352 g/mol. The second kappa shape index (κ2) is 6.95. The molecule has 0 radical (unpaired) electrons. The van der Waals surface area contributed by atoms with E-state index in [1.165, 1.54) is 0 Å². The van der Waals surface area contributed by atoms with Gasteiger partial charge in [-0.25, -0.2) is 8.42 Å². The number of hydrogen-bond donors (Lipinski definition) is 0. The van der Waals surface area contributed by atoms with Gasteiger partial charge in [0.15, 0.2) is 0 Å². The summed E-state index contributed by atoms with van der Waals surface area (Å²) in [6, 6.07) is 5.67. The Balaban J connectivity index is 2.68. The molecule has 1 aromatic rings. The second-order valence-corrected chi connectivity index (χ2v) is 8.61. The van der Waals surface area contributed by atoms with Gasteiger partial charge in [0.05, 0.1) is 12.4 Å². The smallest absolute Gasteiger partial charge is 0.233 e. The number of hydrogen-bond acceptors (Lipinski definition) is 3. The zero-order valence-corrected chi connectivity index (χ0v) is 14.3. The molecule has 0 aromatic heterocycles. The van der Waals surface area contributed by atoms with Crippen molar-refractivity contribution in [1.29, 1.82) is 0 Å². The third-order valence-electron chi connectivity index (χ3n) is 2.95. The molecule has 1 unspecified atom stereocenters. The van der Waals surface area contributed by atoms with Crippen LogP contribution in [0.25, 0.3) is 0 Å². The van der Waals surface area contributed by atoms with Crippen LogP contribution in [0, 0.1) is 18.8 Å². The lowest BCUT2D eigenvalue weighted by Gasteiger charge is -2.20. The van der Waals surface area contributed by atoms with E-state index in [1.54, 1.807) is 0 Å². The Hall–Kier alpha value is -0.260. The van der Waals surface area contributed by atoms with E-state index in [9.17, 15) is 8.42 Å². The van der Waals surface area contributed by atoms with Crippen molar-refractivity contribution < 1.29 is 13.2 Å². The molecule has 0 bridgehead atoms. The Morgan fingerprint density at radius 1 is 1.37 bits per heavy atom. The summed E-state index contributed by atoms with van der Waals surface area (Å²) < 4.78 is 29.0. The van der Waals surface area contributed by atoms with E-state index in [0.29, 0.717) is 6.61 Å². The Bertz CT molecular complexity index is 529. The molecule has 1 atom stereocenters. The predicted molar refractivity (Wildman–Crippen MR) is 82.3 cm³/mol. The molecule has 1 aromatic carbocycles. The highest BCUT2D eigenvalue weighted by molar-refractivity contribution is 9.10. The minimum absolute atomic E-state index is 0.0677. The maximum Gasteiger partial charge on any atom is 0.233 e. The molecule has 0 saturated carbocycles. The molecule has 0 amide bonds. The van der Waals surface area contributed by atoms with Gasteiger partial charge in [-0.15, -0.1) is 0 Å². The molecule has 1 rings (SSSR count). The van der Waals surface area contributed by atoms with Gasteiger partial charge in [0.2, 0.25) is 9.05 Å². The summed E-state index contributed by atoms with van der Waals surface area (Å²) in [4.78, 5) is 0. The van der Waals surface area contributed by atoms with Crippen LogP contribution in [0.4, 0.5) is 0 Å². The molecule has 0 aliphatic heterocycles. The number of benzene rings is 1. The lowest BCUT2D eigenvalue weighted by atomic mass is 9.99. The first-order valence-electron chi connectivity index (χ1n) is 6.00. The highest BCUT2D eigenvalue weighted by Gasteiger charge is 2.21. The van der Waals surface area contributed by atoms with Crippen LogP contribution in [0.3, 0.4) is 0 Å². The first kappa shape index (κ1) is 16.8. The third kappa shape index (κ3) is 6.15. The van der Waals surface area contributed by atoms with Gasteiger partial charge in [0.25, 0.3) is 0 Å². The fourth-order valence-corrected chi connectivity index (χ4v) is 3.32. The van der Waals surface area contributed by atoms with Crippen LogP contribution in [0.1, 0.15) is 19.4 Å². The van der Waals surface area contributed by atoms with Crippen molar-refractivity contribution >= 4 is 35.7 Å². The molecule has 19 heavy (non-hydrogen) atoms. The van der Waals surface area contributed by atoms with Crippen molar-refractivity contribution in [3.8, 4) is 5.75 Å². The van der Waals surface area contributed by atoms with Gasteiger partial charge in [0, 0.05) is 21.1 Å². The summed E-state index contributed by atoms with van der Waals surface area (Å²) in [6.45, 7) is 6.23. The SMILES string of the molecule is Cc1cc(OCC(CS(=O)(=O)Cl)C(C)C)ccc1Br. The van der Waals surface area contributed by atoms with Crippen LogP contribution in [0.5, 0.6) is 5.75 Å². The van der Waals surface area contributed by atoms with Gasteiger partial charge in [-0.2, -0.15) is 0 Å². The lowest BCUT2D eigenvalue weighted by molar-refractivity contribution is 0.225. The highest BCUT2D eigenvalue weighted by Crippen LogP contribution is 2.23. The molecule has 3 nitrogen and oxygen atoms in total. The molecular formula is C13H18BrClO3S. The van der Waals surface area contributed by atoms with Gasteiger partial charge in [-0.05, 0) is 36.6 Å². The normalized spacial score (nSPS) is 13.6. The summed E-state index contributed by atoms with van der Waals surface area (Å²) in [5, 5.41) is 0. The third-order valence-corrected chi connectivity index (χ3v) is 5.04. The van der Waals surface area contributed by atoms with Crippen LogP contribution in [0.2, 0.25) is 0 Å². The minimum Gasteiger partial charge on any atom is -0.493 e. The molecule has 6 heteroatoms. The van der Waals surface area contributed by atoms with Gasteiger partial charge in [-0.1, -0.05) is 29.8 Å². The van der Waals surface area contributed by atoms with Crippen molar-refractivity contribution in [1.82, 2.24) is 0 Å². The second-order valence-electron chi connectivity index (χ2n) is 4.93. The van der Waals surface area contributed by atoms with E-state index in [0.717, 1.165) is 15.8 Å². The van der Waals surface area contributed by atoms with Gasteiger partial charge in [0.1, 0.15) is 5.75 Å². The standard InChI is InChI=1S/C13H18BrClO3S/c1-9(2)11(8-19(15,16)17)7-18-12-4-5-13(14)10(3)6-12/h4-6,9,11H,7-8H2,1-3H3. The predicted octanol–water partition coefficient (Wildman–Crippen LogP) is 3.98. The van der Waals surface area contributed by atoms with Crippen LogP contribution < -0.4 is 4.74 Å². The average molecular weight is 370 g/mol. The zero-order valence-electron chi connectivity index (χ0n) is 11.2. The first-order chi connectivity index (χ1) is 8.69. The van der Waals surface area contributed by atoms with E-state index in [4.69, 9.17) is 15.4 Å². The molecule has 0 aliphatic rings. The minimum atomic E-state index is -3.50. The number of ether oxygens (including phenoxy) is 1. The van der Waals surface area contributed by atoms with Gasteiger partial charge >= 0.3 is 0 Å². The van der Waals surface area contributed by atoms with Crippen molar-refractivity contribution in [2.24, 2.45) is 11.8 Å². The molecule has 108 valence electrons. The summed E-state index contributed by atoms with van der Waals surface area (Å²) >= 11 is 3.42. The van der Waals surface area contributed by atoms with E-state index < -0.39 is 9.05 Å². The topological polar surface area (TPSA) is 43.4 Å². The van der Waals surface area contributed by atoms with Gasteiger partial charge in [-0.3, -0.25) is 0 Å². The number of halogens is 2. The quantitative estimate of drug-likeness (QED) is 0.712. The first-order valence-corrected chi connectivity index (χ1v) is 9.27. The average Bonchev–Trinajstić information content (AvgIpc) is 2.27. The van der Waals surface area contributed by atoms with E-state index >= 15 is 0 Å². The molecule has 0 saturated heterocycles. The summed E-state index contributed by atoms with van der Waals surface area (Å²) in [6.07, 6.45) is 0. The van der Waals surface area contributed by atoms with Crippen molar-refractivity contribution in [2.45, 2.75) is 20.8 Å². The Morgan fingerprint density at radius 3 is 2.47 bits per heavy atom. The summed E-state index contributed by atoms with van der Waals surface area (Å²) in [7, 11) is 1.81. The fourth-order valence-electron chi connectivity index (χ4n) is 1.60. The van der Waals surface area contributed by atoms with E-state index in [-0.39, 0.29) is 17.6 Å². The molecule has 0 aliphatic carbocycles. The maximum atomic E-state index is 11.2. The maximum absolute atomic E-state index is 11.2. The van der Waals surface area contributed by atoms with Crippen LogP contribution >= 0.6 is 26.6 Å². The highest BCUT2D eigenvalue weighted by atomic mass is 79.9. The Labute approximate surface area is 127 Å². The Kier molecular flexibility index (Phi) is 6.15. The lowest BCUT2D eigenvalue weighted by Crippen LogP contribution is -2.24. The van der Waals surface area contributed by atoms with Gasteiger partial charge < -0.3 is 4.74 Å². The number of aryl methyl sites for hydroxylation is 1. The van der Waals surface area contributed by atoms with E-state index in [1.807, 2.05) is 39.0 Å². The molecule has 0 N–H and O–H groups in total. The fraction of sp³-hybridized carbons (Fsp3) is 0.538. The monoisotopic (exact) mass is 368 g/mol. The summed E-state index contributed by atoms with van der Waals surface area (Å²) in [5.41, 5.74) is 1.07. The summed E-state index contributed by atoms with van der Waals surface area (Å²) in [5.74, 6) is 0.733.